The molecule has 0 aromatic rings. The van der Waals surface area contributed by atoms with Gasteiger partial charge in [-0.25, -0.2) is 0 Å². The Morgan fingerprint density at radius 3 is 3.00 bits per heavy atom. The Morgan fingerprint density at radius 2 is 2.33 bits per heavy atom. The predicted molar refractivity (Wildman–Crippen MR) is 56.7 cm³/mol. The van der Waals surface area contributed by atoms with E-state index in [0.717, 1.165) is 19.5 Å². The van der Waals surface area contributed by atoms with Crippen LogP contribution in [0.4, 0.5) is 0 Å². The summed E-state index contributed by atoms with van der Waals surface area (Å²) in [6, 6.07) is 0. The minimum absolute atomic E-state index is 0.135. The number of ether oxygens (including phenoxy) is 2. The first-order valence-electron chi connectivity index (χ1n) is 5.39. The maximum Gasteiger partial charge on any atom is 0.224 e. The highest BCUT2D eigenvalue weighted by Crippen LogP contribution is 2.06. The van der Waals surface area contributed by atoms with Crippen LogP contribution in [0.15, 0.2) is 0 Å². The van der Waals surface area contributed by atoms with Crippen LogP contribution in [-0.2, 0) is 14.3 Å². The van der Waals surface area contributed by atoms with E-state index in [1.54, 1.807) is 7.11 Å². The predicted octanol–water partition coefficient (Wildman–Crippen LogP) is -0.625. The molecule has 2 N–H and O–H groups in total. The average Bonchev–Trinajstić information content (AvgIpc) is 2.76. The summed E-state index contributed by atoms with van der Waals surface area (Å²) in [4.78, 5) is 11.5. The fraction of sp³-hybridized carbons (Fsp3) is 0.900. The summed E-state index contributed by atoms with van der Waals surface area (Å²) in [6.07, 6.45) is 0.941. The number of rotatable bonds is 7. The lowest BCUT2D eigenvalue weighted by molar-refractivity contribution is -0.124. The van der Waals surface area contributed by atoms with Crippen LogP contribution >= 0.6 is 0 Å². The van der Waals surface area contributed by atoms with Crippen molar-refractivity contribution < 1.29 is 14.3 Å². The van der Waals surface area contributed by atoms with Gasteiger partial charge < -0.3 is 20.1 Å². The fourth-order valence-electron chi connectivity index (χ4n) is 1.51. The summed E-state index contributed by atoms with van der Waals surface area (Å²) in [5.41, 5.74) is 0. The van der Waals surface area contributed by atoms with Gasteiger partial charge in [0.2, 0.25) is 5.91 Å². The Bertz CT molecular complexity index is 182. The molecule has 1 fully saturated rings. The molecule has 0 saturated carbocycles. The molecular weight excluding hydrogens is 196 g/mol. The lowest BCUT2D eigenvalue weighted by Gasteiger charge is -2.09. The lowest BCUT2D eigenvalue weighted by atomic mass is 10.1. The molecule has 0 aromatic carbocycles. The van der Waals surface area contributed by atoms with Gasteiger partial charge in [-0.3, -0.25) is 4.79 Å². The Balaban J connectivity index is 1.92. The van der Waals surface area contributed by atoms with Gasteiger partial charge in [0.05, 0.1) is 25.7 Å². The molecule has 1 rings (SSSR count). The normalized spacial score (nSPS) is 20.5. The SMILES string of the molecule is COCCOCCNC(=O)C1CCNC1. The van der Waals surface area contributed by atoms with Crippen LogP contribution in [0.2, 0.25) is 0 Å². The van der Waals surface area contributed by atoms with E-state index in [1.165, 1.54) is 0 Å². The van der Waals surface area contributed by atoms with E-state index in [1.807, 2.05) is 0 Å². The van der Waals surface area contributed by atoms with Crippen molar-refractivity contribution in [2.75, 3.05) is 46.6 Å². The van der Waals surface area contributed by atoms with Gasteiger partial charge in [-0.15, -0.1) is 0 Å². The summed E-state index contributed by atoms with van der Waals surface area (Å²) >= 11 is 0. The lowest BCUT2D eigenvalue weighted by Crippen LogP contribution is -2.34. The molecule has 0 aliphatic carbocycles. The molecule has 1 aliphatic heterocycles. The summed E-state index contributed by atoms with van der Waals surface area (Å²) in [7, 11) is 1.64. The van der Waals surface area contributed by atoms with Gasteiger partial charge in [-0.05, 0) is 13.0 Å². The van der Waals surface area contributed by atoms with E-state index >= 15 is 0 Å². The Labute approximate surface area is 90.5 Å². The quantitative estimate of drug-likeness (QED) is 0.557. The second-order valence-electron chi connectivity index (χ2n) is 3.59. The van der Waals surface area contributed by atoms with Crippen LogP contribution in [0.25, 0.3) is 0 Å². The Kier molecular flexibility index (Phi) is 6.31. The molecule has 5 nitrogen and oxygen atoms in total. The third-order valence-corrected chi connectivity index (χ3v) is 2.41. The monoisotopic (exact) mass is 216 g/mol. The smallest absolute Gasteiger partial charge is 0.224 e. The zero-order valence-electron chi connectivity index (χ0n) is 9.25. The number of methoxy groups -OCH3 is 1. The van der Waals surface area contributed by atoms with Gasteiger partial charge in [0.25, 0.3) is 0 Å². The van der Waals surface area contributed by atoms with Crippen LogP contribution < -0.4 is 10.6 Å². The first-order valence-corrected chi connectivity index (χ1v) is 5.39. The molecule has 5 heteroatoms. The molecule has 1 unspecified atom stereocenters. The third kappa shape index (κ3) is 5.11. The van der Waals surface area contributed by atoms with Gasteiger partial charge in [0.1, 0.15) is 0 Å². The summed E-state index contributed by atoms with van der Waals surface area (Å²) < 4.78 is 10.1. The molecule has 15 heavy (non-hydrogen) atoms. The summed E-state index contributed by atoms with van der Waals surface area (Å²) in [5.74, 6) is 0.277. The van der Waals surface area contributed by atoms with Gasteiger partial charge in [-0.2, -0.15) is 0 Å². The molecule has 0 bridgehead atoms. The van der Waals surface area contributed by atoms with E-state index in [0.29, 0.717) is 26.4 Å². The topological polar surface area (TPSA) is 59.6 Å². The average molecular weight is 216 g/mol. The molecule has 0 radical (unpaired) electrons. The van der Waals surface area contributed by atoms with Crippen LogP contribution in [0.1, 0.15) is 6.42 Å². The van der Waals surface area contributed by atoms with Crippen molar-refractivity contribution in [3.8, 4) is 0 Å². The van der Waals surface area contributed by atoms with E-state index in [2.05, 4.69) is 10.6 Å². The maximum absolute atomic E-state index is 11.5. The van der Waals surface area contributed by atoms with Crippen molar-refractivity contribution in [3.05, 3.63) is 0 Å². The largest absolute Gasteiger partial charge is 0.382 e. The van der Waals surface area contributed by atoms with Crippen LogP contribution in [-0.4, -0.2) is 52.5 Å². The van der Waals surface area contributed by atoms with Crippen molar-refractivity contribution in [2.45, 2.75) is 6.42 Å². The highest BCUT2D eigenvalue weighted by Gasteiger charge is 2.21. The molecule has 1 amide bonds. The van der Waals surface area contributed by atoms with Crippen molar-refractivity contribution in [3.63, 3.8) is 0 Å². The maximum atomic E-state index is 11.5. The molecular formula is C10H20N2O3. The molecule has 1 atom stereocenters. The Hall–Kier alpha value is -0.650. The van der Waals surface area contributed by atoms with E-state index < -0.39 is 0 Å². The summed E-state index contributed by atoms with van der Waals surface area (Å²) in [6.45, 7) is 4.06. The molecule has 1 heterocycles. The minimum Gasteiger partial charge on any atom is -0.382 e. The third-order valence-electron chi connectivity index (χ3n) is 2.41. The van der Waals surface area contributed by atoms with Crippen molar-refractivity contribution in [1.29, 1.82) is 0 Å². The highest BCUT2D eigenvalue weighted by atomic mass is 16.5. The summed E-state index contributed by atoms with van der Waals surface area (Å²) in [5, 5.41) is 6.02. The first kappa shape index (κ1) is 12.4. The second-order valence-corrected chi connectivity index (χ2v) is 3.59. The number of carbonyl (C=O) groups is 1. The van der Waals surface area contributed by atoms with Crippen LogP contribution in [0.3, 0.4) is 0 Å². The van der Waals surface area contributed by atoms with Gasteiger partial charge in [0, 0.05) is 20.2 Å². The molecule has 1 saturated heterocycles. The first-order chi connectivity index (χ1) is 7.34. The van der Waals surface area contributed by atoms with Crippen LogP contribution in [0.5, 0.6) is 0 Å². The zero-order valence-corrected chi connectivity index (χ0v) is 9.25. The zero-order chi connectivity index (χ0) is 10.9. The van der Waals surface area contributed by atoms with E-state index in [-0.39, 0.29) is 11.8 Å². The van der Waals surface area contributed by atoms with Crippen molar-refractivity contribution in [2.24, 2.45) is 5.92 Å². The molecule has 88 valence electrons. The number of nitrogens with one attached hydrogen (secondary N) is 2. The number of amides is 1. The van der Waals surface area contributed by atoms with E-state index in [4.69, 9.17) is 9.47 Å². The van der Waals surface area contributed by atoms with Gasteiger partial charge in [0.15, 0.2) is 0 Å². The van der Waals surface area contributed by atoms with Gasteiger partial charge in [-0.1, -0.05) is 0 Å². The number of hydrogen-bond donors (Lipinski definition) is 2. The van der Waals surface area contributed by atoms with E-state index in [9.17, 15) is 4.79 Å². The molecule has 1 aliphatic rings. The molecule has 0 spiro atoms. The highest BCUT2D eigenvalue weighted by molar-refractivity contribution is 5.79. The van der Waals surface area contributed by atoms with Crippen molar-refractivity contribution in [1.82, 2.24) is 10.6 Å². The van der Waals surface area contributed by atoms with Gasteiger partial charge >= 0.3 is 0 Å². The fourth-order valence-corrected chi connectivity index (χ4v) is 1.51. The standard InChI is InChI=1S/C10H20N2O3/c1-14-6-7-15-5-4-12-10(13)9-2-3-11-8-9/h9,11H,2-8H2,1H3,(H,12,13). The van der Waals surface area contributed by atoms with Crippen molar-refractivity contribution >= 4 is 5.91 Å². The van der Waals surface area contributed by atoms with Crippen LogP contribution in [0, 0.1) is 5.92 Å². The number of hydrogen-bond acceptors (Lipinski definition) is 4. The minimum atomic E-state index is 0.135. The molecule has 0 aromatic heterocycles. The second kappa shape index (κ2) is 7.62. The Morgan fingerprint density at radius 1 is 1.47 bits per heavy atom. The number of carbonyl (C=O) groups excluding carboxylic acids is 1.